The van der Waals surface area contributed by atoms with Crippen LogP contribution < -0.4 is 0 Å². The third-order valence-corrected chi connectivity index (χ3v) is 3.48. The van der Waals surface area contributed by atoms with Gasteiger partial charge >= 0.3 is 0 Å². The summed E-state index contributed by atoms with van der Waals surface area (Å²) in [5.74, 6) is 0. The van der Waals surface area contributed by atoms with Crippen LogP contribution in [0.15, 0.2) is 48.5 Å². The van der Waals surface area contributed by atoms with Crippen LogP contribution in [-0.2, 0) is 4.74 Å². The molecule has 1 heteroatoms. The molecule has 0 aliphatic carbocycles. The summed E-state index contributed by atoms with van der Waals surface area (Å²) in [5.41, 5.74) is 5.27. The lowest BCUT2D eigenvalue weighted by Gasteiger charge is -2.03. The van der Waals surface area contributed by atoms with E-state index in [0.717, 1.165) is 0 Å². The van der Waals surface area contributed by atoms with Gasteiger partial charge in [0.1, 0.15) is 12.2 Å². The van der Waals surface area contributed by atoms with Crippen LogP contribution in [-0.4, -0.2) is 0 Å². The van der Waals surface area contributed by atoms with Crippen molar-refractivity contribution in [2.24, 2.45) is 0 Å². The van der Waals surface area contributed by atoms with E-state index in [1.807, 2.05) is 0 Å². The second-order valence-corrected chi connectivity index (χ2v) is 4.69. The Bertz CT molecular complexity index is 495. The number of hydrogen-bond donors (Lipinski definition) is 0. The highest BCUT2D eigenvalue weighted by atomic mass is 16.6. The minimum absolute atomic E-state index is 0.247. The van der Waals surface area contributed by atoms with Gasteiger partial charge in [0.05, 0.1) is 0 Å². The van der Waals surface area contributed by atoms with Crippen LogP contribution in [0.25, 0.3) is 0 Å². The van der Waals surface area contributed by atoms with E-state index in [-0.39, 0.29) is 12.2 Å². The summed E-state index contributed by atoms with van der Waals surface area (Å²) in [4.78, 5) is 0. The molecule has 0 bridgehead atoms. The maximum absolute atomic E-state index is 5.85. The third kappa shape index (κ3) is 1.87. The molecule has 0 N–H and O–H groups in total. The first-order valence-corrected chi connectivity index (χ1v) is 6.04. The first-order valence-electron chi connectivity index (χ1n) is 6.04. The van der Waals surface area contributed by atoms with E-state index in [1.165, 1.54) is 22.3 Å². The van der Waals surface area contributed by atoms with Crippen LogP contribution in [0.5, 0.6) is 0 Å². The summed E-state index contributed by atoms with van der Waals surface area (Å²) in [7, 11) is 0. The predicted molar refractivity (Wildman–Crippen MR) is 68.9 cm³/mol. The summed E-state index contributed by atoms with van der Waals surface area (Å²) < 4.78 is 5.85. The maximum atomic E-state index is 5.85. The number of ether oxygens (including phenoxy) is 1. The zero-order valence-corrected chi connectivity index (χ0v) is 10.2. The van der Waals surface area contributed by atoms with Crippen molar-refractivity contribution in [3.05, 3.63) is 70.8 Å². The normalized spacial score (nSPS) is 22.5. The Morgan fingerprint density at radius 2 is 1.12 bits per heavy atom. The number of rotatable bonds is 2. The number of benzene rings is 2. The first-order chi connectivity index (χ1) is 8.27. The summed E-state index contributed by atoms with van der Waals surface area (Å²) in [6.07, 6.45) is 0.495. The Morgan fingerprint density at radius 3 is 1.53 bits per heavy atom. The minimum atomic E-state index is 0.247. The van der Waals surface area contributed by atoms with Crippen molar-refractivity contribution >= 4 is 0 Å². The van der Waals surface area contributed by atoms with Crippen molar-refractivity contribution < 1.29 is 4.74 Å². The molecule has 0 spiro atoms. The van der Waals surface area contributed by atoms with E-state index in [2.05, 4.69) is 62.4 Å². The smallest absolute Gasteiger partial charge is 0.114 e. The van der Waals surface area contributed by atoms with Gasteiger partial charge in [-0.15, -0.1) is 0 Å². The topological polar surface area (TPSA) is 12.5 Å². The number of epoxide rings is 1. The van der Waals surface area contributed by atoms with Crippen molar-refractivity contribution in [3.63, 3.8) is 0 Å². The van der Waals surface area contributed by atoms with E-state index in [1.54, 1.807) is 0 Å². The van der Waals surface area contributed by atoms with Gasteiger partial charge in [0.2, 0.25) is 0 Å². The fourth-order valence-electron chi connectivity index (χ4n) is 2.40. The lowest BCUT2D eigenvalue weighted by molar-refractivity contribution is 0.377. The number of aryl methyl sites for hydroxylation is 2. The molecule has 1 aliphatic rings. The lowest BCUT2D eigenvalue weighted by Crippen LogP contribution is -1.90. The van der Waals surface area contributed by atoms with E-state index >= 15 is 0 Å². The quantitative estimate of drug-likeness (QED) is 0.699. The van der Waals surface area contributed by atoms with Crippen LogP contribution in [0.4, 0.5) is 0 Å². The average molecular weight is 224 g/mol. The Hall–Kier alpha value is -1.60. The van der Waals surface area contributed by atoms with Gasteiger partial charge in [-0.3, -0.25) is 0 Å². The minimum Gasteiger partial charge on any atom is -0.359 e. The predicted octanol–water partition coefficient (Wildman–Crippen LogP) is 4.12. The molecule has 1 nitrogen and oxygen atoms in total. The number of hydrogen-bond acceptors (Lipinski definition) is 1. The highest BCUT2D eigenvalue weighted by molar-refractivity contribution is 5.37. The third-order valence-electron chi connectivity index (χ3n) is 3.48. The Morgan fingerprint density at radius 1 is 0.706 bits per heavy atom. The van der Waals surface area contributed by atoms with Gasteiger partial charge in [0, 0.05) is 0 Å². The van der Waals surface area contributed by atoms with Gasteiger partial charge in [0.15, 0.2) is 0 Å². The van der Waals surface area contributed by atoms with E-state index in [9.17, 15) is 0 Å². The molecule has 0 saturated carbocycles. The summed E-state index contributed by atoms with van der Waals surface area (Å²) >= 11 is 0. The molecule has 86 valence electrons. The molecule has 2 aromatic rings. The molecular formula is C16H16O. The average Bonchev–Trinajstić information content (AvgIpc) is 3.10. The van der Waals surface area contributed by atoms with Crippen molar-refractivity contribution in [2.75, 3.05) is 0 Å². The van der Waals surface area contributed by atoms with Crippen molar-refractivity contribution in [2.45, 2.75) is 26.1 Å². The van der Waals surface area contributed by atoms with Crippen molar-refractivity contribution in [3.8, 4) is 0 Å². The molecular weight excluding hydrogens is 208 g/mol. The zero-order chi connectivity index (χ0) is 11.8. The molecule has 0 radical (unpaired) electrons. The second-order valence-electron chi connectivity index (χ2n) is 4.69. The van der Waals surface area contributed by atoms with Crippen molar-refractivity contribution in [1.82, 2.24) is 0 Å². The molecule has 2 atom stereocenters. The van der Waals surface area contributed by atoms with Gasteiger partial charge in [0.25, 0.3) is 0 Å². The first kappa shape index (κ1) is 10.5. The van der Waals surface area contributed by atoms with Crippen molar-refractivity contribution in [1.29, 1.82) is 0 Å². The summed E-state index contributed by atoms with van der Waals surface area (Å²) in [6, 6.07) is 16.9. The van der Waals surface area contributed by atoms with Gasteiger partial charge in [-0.1, -0.05) is 48.5 Å². The monoisotopic (exact) mass is 224 g/mol. The molecule has 3 rings (SSSR count). The van der Waals surface area contributed by atoms with Crippen LogP contribution in [0.2, 0.25) is 0 Å². The van der Waals surface area contributed by atoms with E-state index < -0.39 is 0 Å². The van der Waals surface area contributed by atoms with Gasteiger partial charge in [-0.2, -0.15) is 0 Å². The maximum Gasteiger partial charge on any atom is 0.114 e. The summed E-state index contributed by atoms with van der Waals surface area (Å²) in [5, 5.41) is 0. The molecule has 2 unspecified atom stereocenters. The zero-order valence-electron chi connectivity index (χ0n) is 10.2. The lowest BCUT2D eigenvalue weighted by atomic mass is 9.98. The fourth-order valence-corrected chi connectivity index (χ4v) is 2.40. The molecule has 17 heavy (non-hydrogen) atoms. The Labute approximate surface area is 102 Å². The Balaban J connectivity index is 1.89. The van der Waals surface area contributed by atoms with Crippen LogP contribution in [0, 0.1) is 13.8 Å². The highest BCUT2D eigenvalue weighted by Gasteiger charge is 2.42. The molecule has 0 amide bonds. The SMILES string of the molecule is Cc1ccccc1C1OC1c1ccccc1C. The van der Waals surface area contributed by atoms with Crippen LogP contribution in [0.3, 0.4) is 0 Å². The highest BCUT2D eigenvalue weighted by Crippen LogP contribution is 2.52. The largest absolute Gasteiger partial charge is 0.359 e. The van der Waals surface area contributed by atoms with Crippen LogP contribution >= 0.6 is 0 Å². The molecule has 0 aromatic heterocycles. The molecule has 2 aromatic carbocycles. The van der Waals surface area contributed by atoms with Gasteiger partial charge < -0.3 is 4.74 Å². The van der Waals surface area contributed by atoms with E-state index in [0.29, 0.717) is 0 Å². The summed E-state index contributed by atoms with van der Waals surface area (Å²) in [6.45, 7) is 4.29. The molecule has 1 aliphatic heterocycles. The van der Waals surface area contributed by atoms with E-state index in [4.69, 9.17) is 4.74 Å². The van der Waals surface area contributed by atoms with Crippen LogP contribution in [0.1, 0.15) is 34.5 Å². The van der Waals surface area contributed by atoms with Gasteiger partial charge in [-0.05, 0) is 36.1 Å². The molecule has 1 fully saturated rings. The van der Waals surface area contributed by atoms with Gasteiger partial charge in [-0.25, -0.2) is 0 Å². The standard InChI is InChI=1S/C16H16O/c1-11-7-3-5-9-13(11)15-16(17-15)14-10-6-4-8-12(14)2/h3-10,15-16H,1-2H3. The molecule has 1 heterocycles. The second kappa shape index (κ2) is 4.01. The Kier molecular flexibility index (Phi) is 2.49. The fraction of sp³-hybridized carbons (Fsp3) is 0.250. The molecule has 1 saturated heterocycles.